The van der Waals surface area contributed by atoms with Gasteiger partial charge in [-0.15, -0.1) is 0 Å². The summed E-state index contributed by atoms with van der Waals surface area (Å²) in [6.45, 7) is 4.94. The number of ether oxygens (including phenoxy) is 1. The Labute approximate surface area is 91.2 Å². The number of piperidine rings is 1. The van der Waals surface area contributed by atoms with Crippen LogP contribution in [-0.2, 0) is 9.53 Å². The highest BCUT2D eigenvalue weighted by atomic mass is 16.5. The van der Waals surface area contributed by atoms with Gasteiger partial charge in [0.25, 0.3) is 0 Å². The number of β-amino-alcohol motifs (C(OH)–C–C–N with tert-alkyl or cyclic N) is 1. The van der Waals surface area contributed by atoms with Gasteiger partial charge in [0.05, 0.1) is 6.10 Å². The van der Waals surface area contributed by atoms with Gasteiger partial charge in [-0.25, -0.2) is 0 Å². The monoisotopic (exact) mass is 215 g/mol. The molecule has 0 spiro atoms. The van der Waals surface area contributed by atoms with Gasteiger partial charge >= 0.3 is 0 Å². The molecule has 0 bridgehead atoms. The molecule has 88 valence electrons. The van der Waals surface area contributed by atoms with Crippen molar-refractivity contribution in [3.05, 3.63) is 0 Å². The second-order valence-electron chi connectivity index (χ2n) is 4.68. The normalized spacial score (nSPS) is 32.3. The lowest BCUT2D eigenvalue weighted by atomic mass is 9.98. The van der Waals surface area contributed by atoms with E-state index < -0.39 is 5.60 Å². The number of aliphatic hydroxyl groups is 1. The van der Waals surface area contributed by atoms with Gasteiger partial charge in [-0.05, 0) is 26.7 Å². The standard InChI is InChI=1S/C11H21NO3/c1-9-6-10(15-3)4-5-12(9)7-11(2,14)8-13/h8-10,14H,4-7H2,1-3H3/t9-,10-,11+/m0/s1. The second kappa shape index (κ2) is 5.05. The third kappa shape index (κ3) is 3.55. The molecule has 3 atom stereocenters. The molecule has 1 N–H and O–H groups in total. The van der Waals surface area contributed by atoms with Crippen molar-refractivity contribution in [3.8, 4) is 0 Å². The first kappa shape index (κ1) is 12.6. The number of rotatable bonds is 4. The van der Waals surface area contributed by atoms with E-state index in [9.17, 15) is 9.90 Å². The first-order valence-corrected chi connectivity index (χ1v) is 5.44. The van der Waals surface area contributed by atoms with Crippen LogP contribution in [0.4, 0.5) is 0 Å². The fourth-order valence-electron chi connectivity index (χ4n) is 2.07. The Morgan fingerprint density at radius 2 is 2.33 bits per heavy atom. The molecule has 1 heterocycles. The van der Waals surface area contributed by atoms with Gasteiger partial charge in [0.1, 0.15) is 5.60 Å². The minimum atomic E-state index is -1.23. The molecule has 4 heteroatoms. The highest BCUT2D eigenvalue weighted by molar-refractivity contribution is 5.61. The third-order valence-corrected chi connectivity index (χ3v) is 3.08. The van der Waals surface area contributed by atoms with E-state index in [4.69, 9.17) is 4.74 Å². The highest BCUT2D eigenvalue weighted by Crippen LogP contribution is 2.20. The zero-order valence-corrected chi connectivity index (χ0v) is 9.77. The van der Waals surface area contributed by atoms with Crippen molar-refractivity contribution >= 4 is 6.29 Å². The predicted molar refractivity (Wildman–Crippen MR) is 57.8 cm³/mol. The maximum atomic E-state index is 10.6. The maximum absolute atomic E-state index is 10.6. The van der Waals surface area contributed by atoms with E-state index in [1.807, 2.05) is 0 Å². The Morgan fingerprint density at radius 1 is 1.67 bits per heavy atom. The third-order valence-electron chi connectivity index (χ3n) is 3.08. The highest BCUT2D eigenvalue weighted by Gasteiger charge is 2.30. The molecule has 0 saturated carbocycles. The zero-order valence-electron chi connectivity index (χ0n) is 9.77. The fraction of sp³-hybridized carbons (Fsp3) is 0.909. The summed E-state index contributed by atoms with van der Waals surface area (Å²) in [4.78, 5) is 12.8. The Balaban J connectivity index is 2.48. The zero-order chi connectivity index (χ0) is 11.5. The molecule has 15 heavy (non-hydrogen) atoms. The van der Waals surface area contributed by atoms with Gasteiger partial charge in [-0.1, -0.05) is 0 Å². The van der Waals surface area contributed by atoms with Gasteiger partial charge in [-0.2, -0.15) is 0 Å². The van der Waals surface area contributed by atoms with Crippen molar-refractivity contribution in [2.45, 2.75) is 44.4 Å². The lowest BCUT2D eigenvalue weighted by Gasteiger charge is -2.39. The Hall–Kier alpha value is -0.450. The van der Waals surface area contributed by atoms with Gasteiger partial charge in [0, 0.05) is 26.2 Å². The molecule has 1 aliphatic heterocycles. The van der Waals surface area contributed by atoms with E-state index in [2.05, 4.69) is 11.8 Å². The first-order chi connectivity index (χ1) is 6.98. The second-order valence-corrected chi connectivity index (χ2v) is 4.68. The van der Waals surface area contributed by atoms with E-state index >= 15 is 0 Å². The number of hydrogen-bond acceptors (Lipinski definition) is 4. The molecule has 0 unspecified atom stereocenters. The van der Waals surface area contributed by atoms with E-state index in [1.165, 1.54) is 0 Å². The number of likely N-dealkylation sites (tertiary alicyclic amines) is 1. The largest absolute Gasteiger partial charge is 0.381 e. The molecule has 1 aliphatic rings. The van der Waals surface area contributed by atoms with Gasteiger partial charge in [0.2, 0.25) is 0 Å². The molecule has 0 amide bonds. The summed E-state index contributed by atoms with van der Waals surface area (Å²) in [6.07, 6.45) is 2.86. The summed E-state index contributed by atoms with van der Waals surface area (Å²) in [7, 11) is 1.73. The smallest absolute Gasteiger partial charge is 0.152 e. The number of aldehydes is 1. The van der Waals surface area contributed by atoms with Gasteiger partial charge < -0.3 is 14.6 Å². The van der Waals surface area contributed by atoms with Crippen LogP contribution < -0.4 is 0 Å². The summed E-state index contributed by atoms with van der Waals surface area (Å²) in [6, 6.07) is 0.357. The fourth-order valence-corrected chi connectivity index (χ4v) is 2.07. The van der Waals surface area contributed by atoms with Crippen LogP contribution in [-0.4, -0.2) is 54.2 Å². The van der Waals surface area contributed by atoms with Gasteiger partial charge in [-0.3, -0.25) is 4.90 Å². The van der Waals surface area contributed by atoms with Crippen LogP contribution in [0, 0.1) is 0 Å². The Kier molecular flexibility index (Phi) is 4.25. The molecule has 0 aromatic carbocycles. The van der Waals surface area contributed by atoms with Crippen LogP contribution in [0.5, 0.6) is 0 Å². The molecule has 1 rings (SSSR count). The maximum Gasteiger partial charge on any atom is 0.152 e. The van der Waals surface area contributed by atoms with Crippen molar-refractivity contribution in [3.63, 3.8) is 0 Å². The van der Waals surface area contributed by atoms with Crippen molar-refractivity contribution in [1.82, 2.24) is 4.90 Å². The number of carbonyl (C=O) groups excluding carboxylic acids is 1. The molecular formula is C11H21NO3. The Morgan fingerprint density at radius 3 is 2.80 bits per heavy atom. The average Bonchev–Trinajstić information content (AvgIpc) is 2.21. The summed E-state index contributed by atoms with van der Waals surface area (Å²) < 4.78 is 5.31. The lowest BCUT2D eigenvalue weighted by molar-refractivity contribution is -0.125. The quantitative estimate of drug-likeness (QED) is 0.691. The number of nitrogens with zero attached hydrogens (tertiary/aromatic N) is 1. The van der Waals surface area contributed by atoms with Crippen molar-refractivity contribution in [2.75, 3.05) is 20.2 Å². The van der Waals surface area contributed by atoms with Crippen LogP contribution in [0.15, 0.2) is 0 Å². The average molecular weight is 215 g/mol. The SMILES string of the molecule is CO[C@H]1CCN(C[C@@](C)(O)C=O)[C@@H](C)C1. The van der Waals surface area contributed by atoms with Crippen LogP contribution in [0.3, 0.4) is 0 Å². The van der Waals surface area contributed by atoms with E-state index in [-0.39, 0.29) is 0 Å². The summed E-state index contributed by atoms with van der Waals surface area (Å²) >= 11 is 0. The topological polar surface area (TPSA) is 49.8 Å². The molecule has 1 saturated heterocycles. The predicted octanol–water partition coefficient (Wildman–Crippen LogP) is 0.436. The van der Waals surface area contributed by atoms with Crippen molar-refractivity contribution in [1.29, 1.82) is 0 Å². The van der Waals surface area contributed by atoms with Crippen molar-refractivity contribution in [2.24, 2.45) is 0 Å². The summed E-state index contributed by atoms with van der Waals surface area (Å²) in [5.74, 6) is 0. The summed E-state index contributed by atoms with van der Waals surface area (Å²) in [5.41, 5.74) is -1.23. The number of hydrogen-bond donors (Lipinski definition) is 1. The molecule has 0 aliphatic carbocycles. The molecule has 1 fully saturated rings. The Bertz CT molecular complexity index is 218. The first-order valence-electron chi connectivity index (χ1n) is 5.44. The molecule has 0 aromatic rings. The van der Waals surface area contributed by atoms with Crippen molar-refractivity contribution < 1.29 is 14.6 Å². The molecular weight excluding hydrogens is 194 g/mol. The molecule has 0 radical (unpaired) electrons. The molecule has 0 aromatic heterocycles. The molecule has 4 nitrogen and oxygen atoms in total. The van der Waals surface area contributed by atoms with E-state index in [1.54, 1.807) is 14.0 Å². The number of methoxy groups -OCH3 is 1. The number of carbonyl (C=O) groups is 1. The summed E-state index contributed by atoms with van der Waals surface area (Å²) in [5, 5.41) is 9.68. The van der Waals surface area contributed by atoms with Gasteiger partial charge in [0.15, 0.2) is 6.29 Å². The van der Waals surface area contributed by atoms with Crippen LogP contribution in [0.25, 0.3) is 0 Å². The van der Waals surface area contributed by atoms with Crippen LogP contribution in [0.1, 0.15) is 26.7 Å². The van der Waals surface area contributed by atoms with E-state index in [0.29, 0.717) is 25.0 Å². The van der Waals surface area contributed by atoms with E-state index in [0.717, 1.165) is 19.4 Å². The minimum absolute atomic E-state index is 0.317. The van der Waals surface area contributed by atoms with Crippen LogP contribution in [0.2, 0.25) is 0 Å². The minimum Gasteiger partial charge on any atom is -0.381 e. The lowest BCUT2D eigenvalue weighted by Crippen LogP contribution is -2.50. The van der Waals surface area contributed by atoms with Crippen LogP contribution >= 0.6 is 0 Å².